The lowest BCUT2D eigenvalue weighted by molar-refractivity contribution is 0.0695. The predicted octanol–water partition coefficient (Wildman–Crippen LogP) is 1.59. The smallest absolute Gasteiger partial charge is 0.267 e. The van der Waals surface area contributed by atoms with E-state index in [0.29, 0.717) is 11.6 Å². The van der Waals surface area contributed by atoms with Gasteiger partial charge in [0.1, 0.15) is 5.69 Å². The molecule has 0 bridgehead atoms. The summed E-state index contributed by atoms with van der Waals surface area (Å²) in [5.74, 6) is -0.630. The predicted molar refractivity (Wildman–Crippen MR) is 71.7 cm³/mol. The molecule has 2 rings (SSSR count). The number of nitrogens with two attached hydrogens (primary N) is 1. The first-order valence-corrected chi connectivity index (χ1v) is 6.62. The molecule has 1 saturated carbocycles. The van der Waals surface area contributed by atoms with Crippen molar-refractivity contribution in [3.8, 4) is 0 Å². The van der Waals surface area contributed by atoms with Crippen molar-refractivity contribution >= 4 is 11.8 Å². The molecule has 1 aliphatic rings. The van der Waals surface area contributed by atoms with Crippen LogP contribution in [0.5, 0.6) is 0 Å². The van der Waals surface area contributed by atoms with Crippen LogP contribution in [0.25, 0.3) is 0 Å². The first kappa shape index (κ1) is 13.5. The van der Waals surface area contributed by atoms with Crippen molar-refractivity contribution in [1.82, 2.24) is 9.88 Å². The average molecular weight is 261 g/mol. The zero-order chi connectivity index (χ0) is 13.8. The summed E-state index contributed by atoms with van der Waals surface area (Å²) < 4.78 is 0. The van der Waals surface area contributed by atoms with E-state index >= 15 is 0 Å². The van der Waals surface area contributed by atoms with Gasteiger partial charge in [-0.3, -0.25) is 14.6 Å². The summed E-state index contributed by atoms with van der Waals surface area (Å²) in [4.78, 5) is 28.9. The zero-order valence-electron chi connectivity index (χ0n) is 11.1. The Hall–Kier alpha value is -1.91. The molecule has 2 N–H and O–H groups in total. The zero-order valence-corrected chi connectivity index (χ0v) is 11.1. The van der Waals surface area contributed by atoms with Gasteiger partial charge in [0.2, 0.25) is 0 Å². The molecule has 1 heterocycles. The number of aromatic nitrogens is 1. The number of rotatable bonds is 3. The molecule has 19 heavy (non-hydrogen) atoms. The monoisotopic (exact) mass is 261 g/mol. The molecule has 1 fully saturated rings. The van der Waals surface area contributed by atoms with Crippen molar-refractivity contribution in [1.29, 1.82) is 0 Å². The van der Waals surface area contributed by atoms with Crippen molar-refractivity contribution < 1.29 is 9.59 Å². The molecule has 0 aliphatic heterocycles. The van der Waals surface area contributed by atoms with E-state index < -0.39 is 5.91 Å². The molecule has 0 unspecified atom stereocenters. The molecule has 5 nitrogen and oxygen atoms in total. The Morgan fingerprint density at radius 2 is 1.95 bits per heavy atom. The van der Waals surface area contributed by atoms with Crippen molar-refractivity contribution in [2.45, 2.75) is 38.1 Å². The van der Waals surface area contributed by atoms with Gasteiger partial charge >= 0.3 is 0 Å². The highest BCUT2D eigenvalue weighted by molar-refractivity contribution is 5.95. The summed E-state index contributed by atoms with van der Waals surface area (Å²) in [5.41, 5.74) is 5.80. The number of primary amides is 1. The lowest BCUT2D eigenvalue weighted by atomic mass is 9.94. The molecule has 2 amide bonds. The summed E-state index contributed by atoms with van der Waals surface area (Å²) in [7, 11) is 1.83. The van der Waals surface area contributed by atoms with Gasteiger partial charge in [0.05, 0.1) is 5.56 Å². The van der Waals surface area contributed by atoms with Gasteiger partial charge in [-0.15, -0.1) is 0 Å². The third kappa shape index (κ3) is 3.10. The highest BCUT2D eigenvalue weighted by atomic mass is 16.2. The second-order valence-electron chi connectivity index (χ2n) is 5.00. The molecular weight excluding hydrogens is 242 g/mol. The van der Waals surface area contributed by atoms with E-state index in [-0.39, 0.29) is 11.6 Å². The van der Waals surface area contributed by atoms with Crippen molar-refractivity contribution in [3.05, 3.63) is 29.6 Å². The molecule has 102 valence electrons. The van der Waals surface area contributed by atoms with Gasteiger partial charge in [0.25, 0.3) is 11.8 Å². The van der Waals surface area contributed by atoms with Crippen LogP contribution in [0.3, 0.4) is 0 Å². The maximum Gasteiger partial charge on any atom is 0.267 e. The van der Waals surface area contributed by atoms with Gasteiger partial charge in [-0.2, -0.15) is 0 Å². The Kier molecular flexibility index (Phi) is 4.14. The van der Waals surface area contributed by atoms with Crippen LogP contribution >= 0.6 is 0 Å². The summed E-state index contributed by atoms with van der Waals surface area (Å²) in [6.07, 6.45) is 7.17. The normalized spacial score (nSPS) is 16.1. The first-order valence-electron chi connectivity index (χ1n) is 6.62. The van der Waals surface area contributed by atoms with Crippen LogP contribution in [0.1, 0.15) is 53.0 Å². The Morgan fingerprint density at radius 1 is 1.26 bits per heavy atom. The average Bonchev–Trinajstić information content (AvgIpc) is 2.46. The van der Waals surface area contributed by atoms with Crippen LogP contribution in [0.2, 0.25) is 0 Å². The minimum Gasteiger partial charge on any atom is -0.364 e. The Balaban J connectivity index is 2.07. The number of carbonyl (C=O) groups is 2. The fraction of sp³-hybridized carbons (Fsp3) is 0.500. The Morgan fingerprint density at radius 3 is 2.47 bits per heavy atom. The molecule has 0 spiro atoms. The largest absolute Gasteiger partial charge is 0.364 e. The van der Waals surface area contributed by atoms with Crippen molar-refractivity contribution in [2.24, 2.45) is 5.73 Å². The molecule has 0 radical (unpaired) electrons. The van der Waals surface area contributed by atoms with E-state index in [2.05, 4.69) is 4.98 Å². The number of amides is 2. The Bertz CT molecular complexity index is 464. The van der Waals surface area contributed by atoms with Gasteiger partial charge in [-0.1, -0.05) is 19.3 Å². The van der Waals surface area contributed by atoms with Crippen molar-refractivity contribution in [2.75, 3.05) is 7.05 Å². The summed E-state index contributed by atoms with van der Waals surface area (Å²) in [5, 5.41) is 0. The quantitative estimate of drug-likeness (QED) is 0.897. The molecule has 1 aromatic rings. The summed E-state index contributed by atoms with van der Waals surface area (Å²) in [6.45, 7) is 0. The number of hydrogen-bond donors (Lipinski definition) is 1. The highest BCUT2D eigenvalue weighted by Crippen LogP contribution is 2.22. The molecule has 1 aliphatic carbocycles. The minimum atomic E-state index is -0.584. The third-order valence-electron chi connectivity index (χ3n) is 3.71. The fourth-order valence-corrected chi connectivity index (χ4v) is 2.50. The van der Waals surface area contributed by atoms with E-state index in [4.69, 9.17) is 5.73 Å². The van der Waals surface area contributed by atoms with Gasteiger partial charge in [0, 0.05) is 19.3 Å². The second-order valence-corrected chi connectivity index (χ2v) is 5.00. The number of hydrogen-bond acceptors (Lipinski definition) is 3. The van der Waals surface area contributed by atoms with Crippen LogP contribution in [-0.2, 0) is 0 Å². The molecule has 0 atom stereocenters. The number of nitrogens with zero attached hydrogens (tertiary/aromatic N) is 2. The van der Waals surface area contributed by atoms with Gasteiger partial charge in [0.15, 0.2) is 0 Å². The standard InChI is InChI=1S/C14H19N3O2/c1-17(11-5-3-2-4-6-11)14(19)10-7-8-12(13(15)18)16-9-10/h7-9,11H,2-6H2,1H3,(H2,15,18). The van der Waals surface area contributed by atoms with Gasteiger partial charge in [-0.25, -0.2) is 0 Å². The lowest BCUT2D eigenvalue weighted by Crippen LogP contribution is -2.38. The minimum absolute atomic E-state index is 0.0459. The lowest BCUT2D eigenvalue weighted by Gasteiger charge is -2.31. The van der Waals surface area contributed by atoms with Crippen molar-refractivity contribution in [3.63, 3.8) is 0 Å². The van der Waals surface area contributed by atoms with Crippen LogP contribution in [0.4, 0.5) is 0 Å². The van der Waals surface area contributed by atoms with Crippen LogP contribution in [0, 0.1) is 0 Å². The SMILES string of the molecule is CN(C(=O)c1ccc(C(N)=O)nc1)C1CCCCC1. The summed E-state index contributed by atoms with van der Waals surface area (Å²) in [6, 6.07) is 3.41. The molecule has 0 aromatic carbocycles. The second kappa shape index (κ2) is 5.82. The van der Waals surface area contributed by atoms with Crippen LogP contribution < -0.4 is 5.73 Å². The molecular formula is C14H19N3O2. The van der Waals surface area contributed by atoms with Gasteiger partial charge in [-0.05, 0) is 25.0 Å². The maximum atomic E-state index is 12.3. The van der Waals surface area contributed by atoms with E-state index in [1.807, 2.05) is 7.05 Å². The van der Waals surface area contributed by atoms with Crippen LogP contribution in [0.15, 0.2) is 18.3 Å². The van der Waals surface area contributed by atoms with Crippen LogP contribution in [-0.4, -0.2) is 34.8 Å². The fourth-order valence-electron chi connectivity index (χ4n) is 2.50. The molecule has 0 saturated heterocycles. The van der Waals surface area contributed by atoms with E-state index in [9.17, 15) is 9.59 Å². The molecule has 5 heteroatoms. The number of pyridine rings is 1. The summed E-state index contributed by atoms with van der Waals surface area (Å²) >= 11 is 0. The van der Waals surface area contributed by atoms with E-state index in [1.165, 1.54) is 31.5 Å². The highest BCUT2D eigenvalue weighted by Gasteiger charge is 2.23. The number of carbonyl (C=O) groups excluding carboxylic acids is 2. The topological polar surface area (TPSA) is 76.3 Å². The maximum absolute atomic E-state index is 12.3. The first-order chi connectivity index (χ1) is 9.09. The van der Waals surface area contributed by atoms with E-state index in [0.717, 1.165) is 12.8 Å². The third-order valence-corrected chi connectivity index (χ3v) is 3.71. The molecule has 1 aromatic heterocycles. The Labute approximate surface area is 112 Å². The van der Waals surface area contributed by atoms with E-state index in [1.54, 1.807) is 11.0 Å². The van der Waals surface area contributed by atoms with Gasteiger partial charge < -0.3 is 10.6 Å².